The molecule has 0 aliphatic carbocycles. The van der Waals surface area contributed by atoms with Gasteiger partial charge in [0.2, 0.25) is 5.91 Å². The van der Waals surface area contributed by atoms with Crippen LogP contribution in [0.4, 0.5) is 0 Å². The van der Waals surface area contributed by atoms with Crippen LogP contribution in [0.2, 0.25) is 0 Å². The van der Waals surface area contributed by atoms with Crippen LogP contribution in [-0.2, 0) is 24.3 Å². The Kier molecular flexibility index (Phi) is 6.55. The minimum atomic E-state index is -0.476. The molecule has 0 fully saturated rings. The van der Waals surface area contributed by atoms with E-state index in [4.69, 9.17) is 0 Å². The lowest BCUT2D eigenvalue weighted by Crippen LogP contribution is -2.38. The van der Waals surface area contributed by atoms with Crippen molar-refractivity contribution in [2.24, 2.45) is 14.1 Å². The van der Waals surface area contributed by atoms with Gasteiger partial charge in [-0.25, -0.2) is 14.8 Å². The number of thioether (sulfide) groups is 1. The maximum Gasteiger partial charge on any atom is 0.332 e. The molecule has 182 valence electrons. The molecule has 0 saturated heterocycles. The Morgan fingerprint density at radius 3 is 2.40 bits per heavy atom. The van der Waals surface area contributed by atoms with Crippen LogP contribution in [0.3, 0.4) is 0 Å². The van der Waals surface area contributed by atoms with E-state index in [9.17, 15) is 14.4 Å². The third kappa shape index (κ3) is 4.86. The smallest absolute Gasteiger partial charge is 0.332 e. The molecule has 2 aromatic carbocycles. The first kappa shape index (κ1) is 24.7. The summed E-state index contributed by atoms with van der Waals surface area (Å²) < 4.78 is 2.38. The highest BCUT2D eigenvalue weighted by atomic mass is 32.2. The second-order valence-electron chi connectivity index (χ2n) is 9.69. The van der Waals surface area contributed by atoms with Crippen molar-refractivity contribution in [1.82, 2.24) is 24.4 Å². The summed E-state index contributed by atoms with van der Waals surface area (Å²) in [5.41, 5.74) is -0.0677. The number of carbonyl (C=O) groups excluding carboxylic acids is 1. The van der Waals surface area contributed by atoms with Gasteiger partial charge in [0.15, 0.2) is 5.65 Å². The Bertz CT molecular complexity index is 1570. The van der Waals surface area contributed by atoms with Gasteiger partial charge in [-0.3, -0.25) is 18.7 Å². The van der Waals surface area contributed by atoms with Crippen molar-refractivity contribution in [2.75, 3.05) is 5.75 Å². The van der Waals surface area contributed by atoms with Crippen LogP contribution < -0.4 is 16.6 Å². The lowest BCUT2D eigenvalue weighted by molar-refractivity contribution is -0.119. The molecule has 2 heterocycles. The molecule has 0 bridgehead atoms. The molecule has 0 aliphatic rings. The quantitative estimate of drug-likeness (QED) is 0.339. The highest BCUT2D eigenvalue weighted by Crippen LogP contribution is 2.27. The van der Waals surface area contributed by atoms with E-state index in [1.54, 1.807) is 7.05 Å². The highest BCUT2D eigenvalue weighted by Gasteiger charge is 2.24. The van der Waals surface area contributed by atoms with Crippen molar-refractivity contribution in [3.63, 3.8) is 0 Å². The topological polar surface area (TPSA) is 98.9 Å². The van der Waals surface area contributed by atoms with Crippen molar-refractivity contribution in [1.29, 1.82) is 0 Å². The number of aryl methyl sites for hydroxylation is 1. The second-order valence-corrected chi connectivity index (χ2v) is 10.7. The number of nitrogens with zero attached hydrogens (tertiary/aromatic N) is 4. The Labute approximate surface area is 207 Å². The molecule has 1 amide bonds. The molecule has 35 heavy (non-hydrogen) atoms. The molecule has 0 saturated carbocycles. The Balaban J connectivity index is 1.61. The number of benzene rings is 2. The van der Waals surface area contributed by atoms with Crippen LogP contribution in [0.5, 0.6) is 0 Å². The van der Waals surface area contributed by atoms with Gasteiger partial charge in [-0.2, -0.15) is 0 Å². The van der Waals surface area contributed by atoms with Crippen molar-refractivity contribution < 1.29 is 4.79 Å². The van der Waals surface area contributed by atoms with Gasteiger partial charge in [-0.1, -0.05) is 68.9 Å². The maximum atomic E-state index is 13.0. The molecule has 8 nitrogen and oxygen atoms in total. The minimum Gasteiger partial charge on any atom is -0.349 e. The monoisotopic (exact) mass is 491 g/mol. The summed E-state index contributed by atoms with van der Waals surface area (Å²) in [5.74, 6) is 0.390. The van der Waals surface area contributed by atoms with Gasteiger partial charge in [0.05, 0.1) is 11.8 Å². The number of nitrogens with one attached hydrogen (secondary N) is 1. The zero-order valence-electron chi connectivity index (χ0n) is 20.7. The summed E-state index contributed by atoms with van der Waals surface area (Å²) in [6.07, 6.45) is 0. The molecule has 9 heteroatoms. The normalized spacial score (nSPS) is 12.7. The average molecular weight is 492 g/mol. The van der Waals surface area contributed by atoms with E-state index in [-0.39, 0.29) is 28.7 Å². The third-order valence-electron chi connectivity index (χ3n) is 5.93. The van der Waals surface area contributed by atoms with E-state index < -0.39 is 16.7 Å². The lowest BCUT2D eigenvalue weighted by atomic mass is 9.96. The first-order valence-electron chi connectivity index (χ1n) is 11.4. The molecule has 4 aromatic rings. The molecule has 0 radical (unpaired) electrons. The Morgan fingerprint density at radius 2 is 1.71 bits per heavy atom. The number of rotatable bonds is 5. The van der Waals surface area contributed by atoms with Gasteiger partial charge in [0.1, 0.15) is 16.2 Å². The molecule has 4 rings (SSSR count). The van der Waals surface area contributed by atoms with Gasteiger partial charge in [0, 0.05) is 19.5 Å². The van der Waals surface area contributed by atoms with Gasteiger partial charge in [0.25, 0.3) is 5.56 Å². The number of amides is 1. The second kappa shape index (κ2) is 9.30. The predicted octanol–water partition coefficient (Wildman–Crippen LogP) is 3.45. The van der Waals surface area contributed by atoms with E-state index >= 15 is 0 Å². The standard InChI is InChI=1S/C26H29N5O3S/c1-15(17-12-11-16-9-7-8-10-18(16)13-17)27-19(32)14-35-22-20-21(28-24(29-22)26(2,3)4)30(5)25(34)31(6)23(20)33/h7-13,15H,14H2,1-6H3,(H,27,32). The summed E-state index contributed by atoms with van der Waals surface area (Å²) >= 11 is 1.17. The average Bonchev–Trinajstić information content (AvgIpc) is 2.83. The molecule has 1 atom stereocenters. The summed E-state index contributed by atoms with van der Waals surface area (Å²) in [5, 5.41) is 5.92. The SMILES string of the molecule is CC(NC(=O)CSc1nc(C(C)(C)C)nc2c1c(=O)n(C)c(=O)n2C)c1ccc2ccccc2c1. The van der Waals surface area contributed by atoms with Crippen LogP contribution in [0.15, 0.2) is 57.1 Å². The number of carbonyl (C=O) groups is 1. The van der Waals surface area contributed by atoms with Gasteiger partial charge in [-0.15, -0.1) is 0 Å². The fraction of sp³-hybridized carbons (Fsp3) is 0.346. The zero-order chi connectivity index (χ0) is 25.5. The summed E-state index contributed by atoms with van der Waals surface area (Å²) in [6.45, 7) is 7.81. The van der Waals surface area contributed by atoms with E-state index in [1.807, 2.05) is 58.0 Å². The predicted molar refractivity (Wildman–Crippen MR) is 140 cm³/mol. The molecular formula is C26H29N5O3S. The zero-order valence-corrected chi connectivity index (χ0v) is 21.6. The van der Waals surface area contributed by atoms with Crippen LogP contribution in [0.1, 0.15) is 45.1 Å². The number of fused-ring (bicyclic) bond motifs is 2. The van der Waals surface area contributed by atoms with Crippen LogP contribution >= 0.6 is 11.8 Å². The largest absolute Gasteiger partial charge is 0.349 e. The van der Waals surface area contributed by atoms with E-state index in [0.717, 1.165) is 20.9 Å². The van der Waals surface area contributed by atoms with Crippen LogP contribution in [0.25, 0.3) is 21.8 Å². The summed E-state index contributed by atoms with van der Waals surface area (Å²) in [6, 6.07) is 14.0. The van der Waals surface area contributed by atoms with Crippen molar-refractivity contribution in [2.45, 2.75) is 44.2 Å². The van der Waals surface area contributed by atoms with Gasteiger partial charge < -0.3 is 5.32 Å². The lowest BCUT2D eigenvalue weighted by Gasteiger charge is -2.19. The van der Waals surface area contributed by atoms with E-state index in [1.165, 1.54) is 23.4 Å². The van der Waals surface area contributed by atoms with E-state index in [0.29, 0.717) is 10.9 Å². The molecular weight excluding hydrogens is 462 g/mol. The number of hydrogen-bond donors (Lipinski definition) is 1. The number of aromatic nitrogens is 4. The van der Waals surface area contributed by atoms with Crippen molar-refractivity contribution in [3.05, 3.63) is 74.7 Å². The Hall–Kier alpha value is -3.46. The van der Waals surface area contributed by atoms with Crippen molar-refractivity contribution in [3.8, 4) is 0 Å². The fourth-order valence-corrected chi connectivity index (χ4v) is 4.67. The maximum absolute atomic E-state index is 13.0. The number of hydrogen-bond acceptors (Lipinski definition) is 6. The molecule has 1 unspecified atom stereocenters. The van der Waals surface area contributed by atoms with Gasteiger partial charge >= 0.3 is 5.69 Å². The van der Waals surface area contributed by atoms with Crippen molar-refractivity contribution >= 4 is 39.5 Å². The summed E-state index contributed by atoms with van der Waals surface area (Å²) in [4.78, 5) is 47.4. The summed E-state index contributed by atoms with van der Waals surface area (Å²) in [7, 11) is 3.00. The van der Waals surface area contributed by atoms with E-state index in [2.05, 4.69) is 27.4 Å². The molecule has 2 aromatic heterocycles. The first-order valence-corrected chi connectivity index (χ1v) is 12.3. The Morgan fingerprint density at radius 1 is 1.03 bits per heavy atom. The van der Waals surface area contributed by atoms with Crippen LogP contribution in [0, 0.1) is 0 Å². The van der Waals surface area contributed by atoms with Gasteiger partial charge in [-0.05, 0) is 29.3 Å². The third-order valence-corrected chi connectivity index (χ3v) is 6.90. The minimum absolute atomic E-state index is 0.0691. The molecule has 1 N–H and O–H groups in total. The molecule has 0 aliphatic heterocycles. The van der Waals surface area contributed by atoms with Crippen LogP contribution in [-0.4, -0.2) is 30.8 Å². The fourth-order valence-electron chi connectivity index (χ4n) is 3.85. The molecule has 0 spiro atoms. The highest BCUT2D eigenvalue weighted by molar-refractivity contribution is 8.00. The first-order chi connectivity index (χ1) is 16.5.